The molecule has 120 valence electrons. The summed E-state index contributed by atoms with van der Waals surface area (Å²) in [6, 6.07) is 15.2. The van der Waals surface area contributed by atoms with Gasteiger partial charge >= 0.3 is 5.97 Å². The van der Waals surface area contributed by atoms with Crippen molar-refractivity contribution in [3.63, 3.8) is 0 Å². The molecule has 0 aliphatic heterocycles. The van der Waals surface area contributed by atoms with Crippen molar-refractivity contribution in [3.05, 3.63) is 65.2 Å². The molecule has 0 radical (unpaired) electrons. The van der Waals surface area contributed by atoms with E-state index in [4.69, 9.17) is 5.73 Å². The molecule has 0 saturated heterocycles. The van der Waals surface area contributed by atoms with Gasteiger partial charge in [-0.2, -0.15) is 0 Å². The molecule has 2 aromatic carbocycles. The first kappa shape index (κ1) is 16.5. The zero-order valence-electron chi connectivity index (χ0n) is 13.4. The van der Waals surface area contributed by atoms with E-state index in [2.05, 4.69) is 15.0 Å². The number of aryl methyl sites for hydroxylation is 1. The Labute approximate surface area is 136 Å². The first-order chi connectivity index (χ1) is 11.1. The van der Waals surface area contributed by atoms with Gasteiger partial charge in [0.15, 0.2) is 5.96 Å². The lowest BCUT2D eigenvalue weighted by atomic mass is 10.1. The van der Waals surface area contributed by atoms with Gasteiger partial charge in [0.25, 0.3) is 0 Å². The van der Waals surface area contributed by atoms with E-state index in [1.165, 1.54) is 7.11 Å². The van der Waals surface area contributed by atoms with Gasteiger partial charge in [-0.05, 0) is 48.7 Å². The molecule has 5 nitrogen and oxygen atoms in total. The monoisotopic (exact) mass is 311 g/mol. The smallest absolute Gasteiger partial charge is 0.337 e. The summed E-state index contributed by atoms with van der Waals surface area (Å²) in [4.78, 5) is 15.7. The molecule has 3 N–H and O–H groups in total. The number of guanidine groups is 1. The molecule has 2 rings (SSSR count). The summed E-state index contributed by atoms with van der Waals surface area (Å²) < 4.78 is 4.67. The van der Waals surface area contributed by atoms with E-state index in [-0.39, 0.29) is 5.97 Å². The van der Waals surface area contributed by atoms with Crippen LogP contribution in [0.5, 0.6) is 0 Å². The van der Waals surface area contributed by atoms with Gasteiger partial charge in [0.2, 0.25) is 0 Å². The Bertz CT molecular complexity index is 694. The van der Waals surface area contributed by atoms with Crippen molar-refractivity contribution < 1.29 is 9.53 Å². The number of aliphatic imine (C=N–C) groups is 1. The third-order valence-electron chi connectivity index (χ3n) is 3.35. The first-order valence-corrected chi connectivity index (χ1v) is 7.39. The molecule has 0 heterocycles. The van der Waals surface area contributed by atoms with E-state index in [9.17, 15) is 4.79 Å². The highest BCUT2D eigenvalue weighted by Crippen LogP contribution is 2.09. The molecule has 0 spiro atoms. The lowest BCUT2D eigenvalue weighted by molar-refractivity contribution is 0.0600. The molecular weight excluding hydrogens is 290 g/mol. The predicted molar refractivity (Wildman–Crippen MR) is 92.8 cm³/mol. The molecule has 0 atom stereocenters. The number of nitrogens with two attached hydrogens (primary N) is 1. The number of anilines is 1. The van der Waals surface area contributed by atoms with Gasteiger partial charge in [-0.15, -0.1) is 0 Å². The fraction of sp³-hybridized carbons (Fsp3) is 0.222. The van der Waals surface area contributed by atoms with Crippen LogP contribution in [0.4, 0.5) is 5.69 Å². The Morgan fingerprint density at radius 2 is 1.96 bits per heavy atom. The van der Waals surface area contributed by atoms with E-state index in [0.29, 0.717) is 18.1 Å². The van der Waals surface area contributed by atoms with Crippen molar-refractivity contribution in [2.45, 2.75) is 13.3 Å². The van der Waals surface area contributed by atoms with E-state index < -0.39 is 0 Å². The maximum absolute atomic E-state index is 11.4. The van der Waals surface area contributed by atoms with Crippen LogP contribution in [-0.2, 0) is 11.2 Å². The fourth-order valence-electron chi connectivity index (χ4n) is 2.14. The van der Waals surface area contributed by atoms with Crippen LogP contribution in [0.25, 0.3) is 0 Å². The van der Waals surface area contributed by atoms with Crippen LogP contribution in [0.1, 0.15) is 21.5 Å². The Hall–Kier alpha value is -2.82. The number of carbonyl (C=O) groups is 1. The normalized spacial score (nSPS) is 11.1. The zero-order chi connectivity index (χ0) is 16.7. The Balaban J connectivity index is 1.86. The summed E-state index contributed by atoms with van der Waals surface area (Å²) in [6.07, 6.45) is 0.748. The number of hydrogen-bond donors (Lipinski definition) is 2. The summed E-state index contributed by atoms with van der Waals surface area (Å²) >= 11 is 0. The SMILES string of the molecule is COC(=O)c1ccc(CCN=C(N)Nc2cccc(C)c2)cc1. The average Bonchev–Trinajstić information content (AvgIpc) is 2.55. The van der Waals surface area contributed by atoms with Crippen molar-refractivity contribution in [1.29, 1.82) is 0 Å². The van der Waals surface area contributed by atoms with Crippen LogP contribution in [0.15, 0.2) is 53.5 Å². The lowest BCUT2D eigenvalue weighted by Crippen LogP contribution is -2.23. The van der Waals surface area contributed by atoms with Gasteiger partial charge in [-0.25, -0.2) is 4.79 Å². The van der Waals surface area contributed by atoms with Crippen LogP contribution >= 0.6 is 0 Å². The molecule has 23 heavy (non-hydrogen) atoms. The Morgan fingerprint density at radius 3 is 2.61 bits per heavy atom. The molecule has 5 heteroatoms. The van der Waals surface area contributed by atoms with E-state index in [1.807, 2.05) is 43.3 Å². The van der Waals surface area contributed by atoms with Crippen LogP contribution in [-0.4, -0.2) is 25.6 Å². The van der Waals surface area contributed by atoms with Crippen molar-refractivity contribution in [1.82, 2.24) is 0 Å². The number of benzene rings is 2. The molecular formula is C18H21N3O2. The number of hydrogen-bond acceptors (Lipinski definition) is 3. The van der Waals surface area contributed by atoms with Crippen LogP contribution in [0, 0.1) is 6.92 Å². The minimum Gasteiger partial charge on any atom is -0.465 e. The maximum Gasteiger partial charge on any atom is 0.337 e. The van der Waals surface area contributed by atoms with Crippen LogP contribution in [0.2, 0.25) is 0 Å². The van der Waals surface area contributed by atoms with E-state index >= 15 is 0 Å². The highest BCUT2D eigenvalue weighted by Gasteiger charge is 2.04. The van der Waals surface area contributed by atoms with E-state index in [0.717, 1.165) is 23.2 Å². The second kappa shape index (κ2) is 7.98. The van der Waals surface area contributed by atoms with Crippen molar-refractivity contribution in [2.75, 3.05) is 19.0 Å². The molecule has 0 bridgehead atoms. The number of rotatable bonds is 5. The third-order valence-corrected chi connectivity index (χ3v) is 3.35. The minimum absolute atomic E-state index is 0.332. The molecule has 0 aromatic heterocycles. The predicted octanol–water partition coefficient (Wildman–Crippen LogP) is 2.75. The summed E-state index contributed by atoms with van der Waals surface area (Å²) in [5.41, 5.74) is 9.59. The molecule has 0 saturated carbocycles. The lowest BCUT2D eigenvalue weighted by Gasteiger charge is -2.06. The number of nitrogens with zero attached hydrogens (tertiary/aromatic N) is 1. The molecule has 2 aromatic rings. The molecule has 0 aliphatic rings. The molecule has 0 fully saturated rings. The maximum atomic E-state index is 11.4. The third kappa shape index (κ3) is 5.14. The average molecular weight is 311 g/mol. The van der Waals surface area contributed by atoms with Gasteiger partial charge in [-0.3, -0.25) is 4.99 Å². The quantitative estimate of drug-likeness (QED) is 0.506. The van der Waals surface area contributed by atoms with Crippen molar-refractivity contribution in [3.8, 4) is 0 Å². The Morgan fingerprint density at radius 1 is 1.22 bits per heavy atom. The van der Waals surface area contributed by atoms with Gasteiger partial charge < -0.3 is 15.8 Å². The number of nitrogens with one attached hydrogen (secondary N) is 1. The second-order valence-corrected chi connectivity index (χ2v) is 5.20. The first-order valence-electron chi connectivity index (χ1n) is 7.39. The van der Waals surface area contributed by atoms with Gasteiger partial charge in [-0.1, -0.05) is 24.3 Å². The summed E-state index contributed by atoms with van der Waals surface area (Å²) in [6.45, 7) is 2.60. The number of methoxy groups -OCH3 is 1. The summed E-state index contributed by atoms with van der Waals surface area (Å²) in [7, 11) is 1.37. The Kier molecular flexibility index (Phi) is 5.74. The summed E-state index contributed by atoms with van der Waals surface area (Å²) in [5, 5.41) is 3.07. The topological polar surface area (TPSA) is 76.7 Å². The van der Waals surface area contributed by atoms with Crippen LogP contribution in [0.3, 0.4) is 0 Å². The van der Waals surface area contributed by atoms with Gasteiger partial charge in [0, 0.05) is 12.2 Å². The molecule has 0 unspecified atom stereocenters. The van der Waals surface area contributed by atoms with Crippen molar-refractivity contribution >= 4 is 17.6 Å². The fourth-order valence-corrected chi connectivity index (χ4v) is 2.14. The number of carbonyl (C=O) groups excluding carboxylic acids is 1. The van der Waals surface area contributed by atoms with E-state index in [1.54, 1.807) is 12.1 Å². The highest BCUT2D eigenvalue weighted by molar-refractivity contribution is 5.92. The number of ether oxygens (including phenoxy) is 1. The number of esters is 1. The largest absolute Gasteiger partial charge is 0.465 e. The van der Waals surface area contributed by atoms with Gasteiger partial charge in [0.1, 0.15) is 0 Å². The van der Waals surface area contributed by atoms with Gasteiger partial charge in [0.05, 0.1) is 12.7 Å². The minimum atomic E-state index is -0.332. The standard InChI is InChI=1S/C18H21N3O2/c1-13-4-3-5-16(12-13)21-18(19)20-11-10-14-6-8-15(9-7-14)17(22)23-2/h3-9,12H,10-11H2,1-2H3,(H3,19,20,21). The summed E-state index contributed by atoms with van der Waals surface area (Å²) in [5.74, 6) is 0.0583. The molecule has 0 aliphatic carbocycles. The highest BCUT2D eigenvalue weighted by atomic mass is 16.5. The second-order valence-electron chi connectivity index (χ2n) is 5.20. The van der Waals surface area contributed by atoms with Crippen molar-refractivity contribution in [2.24, 2.45) is 10.7 Å². The van der Waals surface area contributed by atoms with Crippen LogP contribution < -0.4 is 11.1 Å². The molecule has 0 amide bonds. The zero-order valence-corrected chi connectivity index (χ0v) is 13.4.